The lowest BCUT2D eigenvalue weighted by molar-refractivity contribution is 0.670. The molecule has 0 aliphatic heterocycles. The van der Waals surface area contributed by atoms with Gasteiger partial charge in [0.25, 0.3) is 0 Å². The highest BCUT2D eigenvalue weighted by atomic mass is 16.3. The highest BCUT2D eigenvalue weighted by Gasteiger charge is 2.17. The second kappa shape index (κ2) is 10.5. The standard InChI is InChI=1S/C38H23N3O/c1-39-35-24-23-31(25-36(35)40-2)41(29-19-15-27(16-20-29)26-9-4-3-5-10-26)30-21-17-28(18-22-30)32-12-8-13-34-33-11-6-7-14-37(33)42-38(32)34/h3-25H. The van der Waals surface area contributed by atoms with Gasteiger partial charge in [-0.2, -0.15) is 0 Å². The lowest BCUT2D eigenvalue weighted by Crippen LogP contribution is -2.09. The highest BCUT2D eigenvalue weighted by Crippen LogP contribution is 2.41. The second-order valence-corrected chi connectivity index (χ2v) is 9.97. The molecule has 7 rings (SSSR count). The van der Waals surface area contributed by atoms with E-state index < -0.39 is 0 Å². The SMILES string of the molecule is [C-]#[N+]c1ccc(N(c2ccc(-c3ccccc3)cc2)c2ccc(-c3cccc4c3oc3ccccc34)cc2)cc1[N+]#[C-]. The number of nitrogens with zero attached hydrogens (tertiary/aromatic N) is 3. The summed E-state index contributed by atoms with van der Waals surface area (Å²) in [5, 5.41) is 2.20. The molecule has 0 atom stereocenters. The van der Waals surface area contributed by atoms with Crippen LogP contribution in [-0.2, 0) is 0 Å². The predicted octanol–water partition coefficient (Wildman–Crippen LogP) is 11.5. The molecular formula is C38H23N3O. The van der Waals surface area contributed by atoms with Crippen molar-refractivity contribution in [2.45, 2.75) is 0 Å². The number of para-hydroxylation sites is 2. The molecule has 0 spiro atoms. The fourth-order valence-electron chi connectivity index (χ4n) is 5.48. The molecule has 42 heavy (non-hydrogen) atoms. The monoisotopic (exact) mass is 537 g/mol. The van der Waals surface area contributed by atoms with Crippen molar-refractivity contribution in [2.75, 3.05) is 4.90 Å². The Bertz CT molecular complexity index is 2150. The van der Waals surface area contributed by atoms with E-state index in [0.29, 0.717) is 11.4 Å². The van der Waals surface area contributed by atoms with Gasteiger partial charge >= 0.3 is 0 Å². The molecule has 0 radical (unpaired) electrons. The van der Waals surface area contributed by atoms with Crippen molar-refractivity contribution >= 4 is 50.4 Å². The molecule has 196 valence electrons. The van der Waals surface area contributed by atoms with Gasteiger partial charge in [-0.15, -0.1) is 0 Å². The molecule has 1 aromatic heterocycles. The maximum absolute atomic E-state index is 7.64. The van der Waals surface area contributed by atoms with E-state index in [-0.39, 0.29) is 0 Å². The van der Waals surface area contributed by atoms with Crippen LogP contribution in [0.25, 0.3) is 53.9 Å². The van der Waals surface area contributed by atoms with Crippen LogP contribution >= 0.6 is 0 Å². The lowest BCUT2D eigenvalue weighted by Gasteiger charge is -2.26. The number of rotatable bonds is 5. The average Bonchev–Trinajstić information content (AvgIpc) is 3.45. The maximum atomic E-state index is 7.64. The average molecular weight is 538 g/mol. The largest absolute Gasteiger partial charge is 0.455 e. The third kappa shape index (κ3) is 4.34. The van der Waals surface area contributed by atoms with E-state index in [1.165, 1.54) is 0 Å². The van der Waals surface area contributed by atoms with Crippen molar-refractivity contribution in [3.8, 4) is 22.3 Å². The minimum Gasteiger partial charge on any atom is -0.455 e. The third-order valence-corrected chi connectivity index (χ3v) is 7.53. The first-order valence-electron chi connectivity index (χ1n) is 13.6. The Morgan fingerprint density at radius 3 is 1.79 bits per heavy atom. The number of hydrogen-bond donors (Lipinski definition) is 0. The van der Waals surface area contributed by atoms with Crippen molar-refractivity contribution in [3.63, 3.8) is 0 Å². The molecule has 0 aliphatic carbocycles. The minimum atomic E-state index is 0.335. The van der Waals surface area contributed by atoms with Crippen molar-refractivity contribution < 1.29 is 4.42 Å². The van der Waals surface area contributed by atoms with Crippen LogP contribution in [0.4, 0.5) is 28.4 Å². The van der Waals surface area contributed by atoms with Crippen LogP contribution in [0, 0.1) is 13.1 Å². The first kappa shape index (κ1) is 24.9. The predicted molar refractivity (Wildman–Crippen MR) is 172 cm³/mol. The van der Waals surface area contributed by atoms with E-state index in [0.717, 1.165) is 61.3 Å². The molecule has 0 bridgehead atoms. The molecule has 0 aliphatic rings. The lowest BCUT2D eigenvalue weighted by atomic mass is 10.0. The molecule has 6 aromatic carbocycles. The maximum Gasteiger partial charge on any atom is 0.196 e. The fourth-order valence-corrected chi connectivity index (χ4v) is 5.48. The number of hydrogen-bond acceptors (Lipinski definition) is 2. The van der Waals surface area contributed by atoms with Crippen molar-refractivity contribution in [3.05, 3.63) is 162 Å². The van der Waals surface area contributed by atoms with Gasteiger partial charge in [0.2, 0.25) is 0 Å². The van der Waals surface area contributed by atoms with Gasteiger partial charge in [0.15, 0.2) is 11.4 Å². The molecule has 0 N–H and O–H groups in total. The van der Waals surface area contributed by atoms with Crippen LogP contribution in [0.1, 0.15) is 0 Å². The second-order valence-electron chi connectivity index (χ2n) is 9.97. The summed E-state index contributed by atoms with van der Waals surface area (Å²) in [6.45, 7) is 15.1. The molecule has 4 heteroatoms. The smallest absolute Gasteiger partial charge is 0.196 e. The van der Waals surface area contributed by atoms with Crippen LogP contribution in [0.15, 0.2) is 144 Å². The zero-order chi connectivity index (χ0) is 28.5. The van der Waals surface area contributed by atoms with E-state index in [9.17, 15) is 0 Å². The summed E-state index contributed by atoms with van der Waals surface area (Å²) in [5.74, 6) is 0. The number of anilines is 3. The zero-order valence-corrected chi connectivity index (χ0v) is 22.5. The molecule has 0 fully saturated rings. The van der Waals surface area contributed by atoms with Gasteiger partial charge in [-0.25, -0.2) is 0 Å². The minimum absolute atomic E-state index is 0.335. The van der Waals surface area contributed by atoms with Gasteiger partial charge in [-0.05, 0) is 53.1 Å². The Morgan fingerprint density at radius 2 is 1.07 bits per heavy atom. The Labute approximate surface area is 244 Å². The Kier molecular flexibility index (Phi) is 6.21. The number of fused-ring (bicyclic) bond motifs is 3. The van der Waals surface area contributed by atoms with Gasteiger partial charge in [-0.1, -0.05) is 103 Å². The summed E-state index contributed by atoms with van der Waals surface area (Å²) in [6, 6.07) is 46.8. The van der Waals surface area contributed by atoms with Crippen LogP contribution < -0.4 is 4.90 Å². The Balaban J connectivity index is 1.32. The summed E-state index contributed by atoms with van der Waals surface area (Å²) in [7, 11) is 0. The number of benzene rings is 6. The van der Waals surface area contributed by atoms with Crippen molar-refractivity contribution in [2.24, 2.45) is 0 Å². The summed E-state index contributed by atoms with van der Waals surface area (Å²) >= 11 is 0. The highest BCUT2D eigenvalue weighted by molar-refractivity contribution is 6.09. The van der Waals surface area contributed by atoms with Gasteiger partial charge in [0.05, 0.1) is 13.1 Å². The quantitative estimate of drug-likeness (QED) is 0.204. The van der Waals surface area contributed by atoms with Crippen LogP contribution in [-0.4, -0.2) is 0 Å². The molecule has 7 aromatic rings. The van der Waals surface area contributed by atoms with Crippen LogP contribution in [0.3, 0.4) is 0 Å². The summed E-state index contributed by atoms with van der Waals surface area (Å²) in [4.78, 5) is 9.27. The van der Waals surface area contributed by atoms with Gasteiger partial charge in [0.1, 0.15) is 11.2 Å². The first-order chi connectivity index (χ1) is 20.7. The summed E-state index contributed by atoms with van der Waals surface area (Å²) in [6.07, 6.45) is 0. The molecule has 1 heterocycles. The normalized spacial score (nSPS) is 10.8. The van der Waals surface area contributed by atoms with Gasteiger partial charge in [0, 0.05) is 33.4 Å². The zero-order valence-electron chi connectivity index (χ0n) is 22.5. The molecule has 4 nitrogen and oxygen atoms in total. The van der Waals surface area contributed by atoms with Gasteiger partial charge in [-0.3, -0.25) is 9.69 Å². The van der Waals surface area contributed by atoms with Crippen LogP contribution in [0.2, 0.25) is 0 Å². The first-order valence-corrected chi connectivity index (χ1v) is 13.6. The van der Waals surface area contributed by atoms with Gasteiger partial charge < -0.3 is 9.32 Å². The Hall–Kier alpha value is -6.10. The molecular weight excluding hydrogens is 514 g/mol. The van der Waals surface area contributed by atoms with E-state index >= 15 is 0 Å². The summed E-state index contributed by atoms with van der Waals surface area (Å²) < 4.78 is 6.29. The topological polar surface area (TPSA) is 25.1 Å². The van der Waals surface area contributed by atoms with Crippen molar-refractivity contribution in [1.29, 1.82) is 0 Å². The third-order valence-electron chi connectivity index (χ3n) is 7.53. The van der Waals surface area contributed by atoms with E-state index in [4.69, 9.17) is 17.6 Å². The van der Waals surface area contributed by atoms with E-state index in [2.05, 4.69) is 99.5 Å². The summed E-state index contributed by atoms with van der Waals surface area (Å²) in [5.41, 5.74) is 9.49. The van der Waals surface area contributed by atoms with Crippen LogP contribution in [0.5, 0.6) is 0 Å². The molecule has 0 amide bonds. The Morgan fingerprint density at radius 1 is 0.476 bits per heavy atom. The molecule has 0 unspecified atom stereocenters. The van der Waals surface area contributed by atoms with Crippen molar-refractivity contribution in [1.82, 2.24) is 0 Å². The number of furan rings is 1. The fraction of sp³-hybridized carbons (Fsp3) is 0. The van der Waals surface area contributed by atoms with E-state index in [1.807, 2.05) is 42.5 Å². The molecule has 0 saturated carbocycles. The van der Waals surface area contributed by atoms with E-state index in [1.54, 1.807) is 12.1 Å². The molecule has 0 saturated heterocycles.